The maximum atomic E-state index is 5.94. The smallest absolute Gasteiger partial charge is 0.124 e. The van der Waals surface area contributed by atoms with Gasteiger partial charge in [-0.15, -0.1) is 0 Å². The first-order chi connectivity index (χ1) is 8.81. The Labute approximate surface area is 107 Å². The predicted molar refractivity (Wildman–Crippen MR) is 71.8 cm³/mol. The largest absolute Gasteiger partial charge is 0.496 e. The van der Waals surface area contributed by atoms with Gasteiger partial charge in [-0.3, -0.25) is 0 Å². The van der Waals surface area contributed by atoms with Gasteiger partial charge in [-0.05, 0) is 6.07 Å². The summed E-state index contributed by atoms with van der Waals surface area (Å²) in [4.78, 5) is 4.35. The highest BCUT2D eigenvalue weighted by molar-refractivity contribution is 5.36. The van der Waals surface area contributed by atoms with Gasteiger partial charge in [0, 0.05) is 30.9 Å². The number of imidazole rings is 1. The highest BCUT2D eigenvalue weighted by atomic mass is 16.5. The van der Waals surface area contributed by atoms with E-state index in [4.69, 9.17) is 10.5 Å². The van der Waals surface area contributed by atoms with Crippen LogP contribution in [0.15, 0.2) is 36.7 Å². The first-order valence-electron chi connectivity index (χ1n) is 6.16. The van der Waals surface area contributed by atoms with E-state index in [2.05, 4.69) is 22.5 Å². The van der Waals surface area contributed by atoms with Crippen LogP contribution in [0.1, 0.15) is 24.4 Å². The number of methoxy groups -OCH3 is 1. The van der Waals surface area contributed by atoms with Gasteiger partial charge in [0.05, 0.1) is 13.2 Å². The van der Waals surface area contributed by atoms with Crippen LogP contribution in [-0.2, 0) is 6.42 Å². The Morgan fingerprint density at radius 2 is 2.17 bits per heavy atom. The second-order valence-corrected chi connectivity index (χ2v) is 4.10. The molecule has 1 aromatic carbocycles. The van der Waals surface area contributed by atoms with E-state index in [1.54, 1.807) is 7.11 Å². The molecule has 0 fully saturated rings. The van der Waals surface area contributed by atoms with Crippen molar-refractivity contribution in [3.8, 4) is 5.75 Å². The third kappa shape index (κ3) is 2.24. The van der Waals surface area contributed by atoms with E-state index in [1.165, 1.54) is 0 Å². The number of ether oxygens (including phenoxy) is 1. The average Bonchev–Trinajstić information content (AvgIpc) is 2.88. The number of nitrogens with two attached hydrogens (primary N) is 1. The monoisotopic (exact) mass is 245 g/mol. The normalized spacial score (nSPS) is 12.4. The van der Waals surface area contributed by atoms with E-state index in [1.807, 2.05) is 30.6 Å². The molecule has 1 aromatic heterocycles. The molecule has 0 saturated heterocycles. The summed E-state index contributed by atoms with van der Waals surface area (Å²) in [5, 5.41) is 0. The average molecular weight is 245 g/mol. The number of aryl methyl sites for hydroxylation is 1. The van der Waals surface area contributed by atoms with Crippen molar-refractivity contribution in [1.29, 1.82) is 0 Å². The molecular formula is C14H19N3O. The quantitative estimate of drug-likeness (QED) is 0.876. The summed E-state index contributed by atoms with van der Waals surface area (Å²) in [5.41, 5.74) is 7.03. The molecule has 0 aliphatic rings. The van der Waals surface area contributed by atoms with Crippen LogP contribution < -0.4 is 10.5 Å². The van der Waals surface area contributed by atoms with Crippen LogP contribution in [-0.4, -0.2) is 23.2 Å². The van der Waals surface area contributed by atoms with Gasteiger partial charge >= 0.3 is 0 Å². The first-order valence-corrected chi connectivity index (χ1v) is 6.16. The summed E-state index contributed by atoms with van der Waals surface area (Å²) in [7, 11) is 1.68. The fourth-order valence-electron chi connectivity index (χ4n) is 2.23. The molecule has 1 heterocycles. The summed E-state index contributed by atoms with van der Waals surface area (Å²) in [6, 6.07) is 8.04. The van der Waals surface area contributed by atoms with Crippen LogP contribution in [0, 0.1) is 0 Å². The molecule has 4 nitrogen and oxygen atoms in total. The molecule has 18 heavy (non-hydrogen) atoms. The van der Waals surface area contributed by atoms with Crippen LogP contribution >= 0.6 is 0 Å². The molecular weight excluding hydrogens is 226 g/mol. The van der Waals surface area contributed by atoms with Gasteiger partial charge < -0.3 is 15.0 Å². The molecule has 2 aromatic rings. The maximum Gasteiger partial charge on any atom is 0.124 e. The molecule has 4 heteroatoms. The van der Waals surface area contributed by atoms with Gasteiger partial charge in [-0.2, -0.15) is 0 Å². The number of hydrogen-bond donors (Lipinski definition) is 1. The second-order valence-electron chi connectivity index (χ2n) is 4.10. The third-order valence-corrected chi connectivity index (χ3v) is 3.12. The van der Waals surface area contributed by atoms with Gasteiger partial charge in [-0.25, -0.2) is 4.98 Å². The lowest BCUT2D eigenvalue weighted by molar-refractivity contribution is 0.400. The Balaban J connectivity index is 2.45. The fraction of sp³-hybridized carbons (Fsp3) is 0.357. The molecule has 96 valence electrons. The number of hydrogen-bond acceptors (Lipinski definition) is 3. The molecule has 0 radical (unpaired) electrons. The summed E-state index contributed by atoms with van der Waals surface area (Å²) in [6.45, 7) is 2.61. The molecule has 0 spiro atoms. The van der Waals surface area contributed by atoms with Crippen molar-refractivity contribution in [2.45, 2.75) is 19.4 Å². The van der Waals surface area contributed by atoms with Crippen molar-refractivity contribution in [2.24, 2.45) is 5.73 Å². The molecule has 0 bridgehead atoms. The van der Waals surface area contributed by atoms with E-state index in [0.717, 1.165) is 23.6 Å². The first kappa shape index (κ1) is 12.6. The zero-order valence-electron chi connectivity index (χ0n) is 10.8. The summed E-state index contributed by atoms with van der Waals surface area (Å²) < 4.78 is 7.53. The minimum Gasteiger partial charge on any atom is -0.496 e. The number of nitrogens with zero attached hydrogens (tertiary/aromatic N) is 2. The van der Waals surface area contributed by atoms with E-state index in [-0.39, 0.29) is 6.04 Å². The van der Waals surface area contributed by atoms with Crippen LogP contribution in [0.4, 0.5) is 0 Å². The lowest BCUT2D eigenvalue weighted by atomic mass is 10.1. The van der Waals surface area contributed by atoms with Gasteiger partial charge in [0.15, 0.2) is 0 Å². The van der Waals surface area contributed by atoms with E-state index in [9.17, 15) is 0 Å². The minimum absolute atomic E-state index is 0.0681. The predicted octanol–water partition coefficient (Wildman–Crippen LogP) is 2.00. The topological polar surface area (TPSA) is 53.1 Å². The molecule has 1 unspecified atom stereocenters. The summed E-state index contributed by atoms with van der Waals surface area (Å²) in [6.07, 6.45) is 4.68. The van der Waals surface area contributed by atoms with Gasteiger partial charge in [-0.1, -0.05) is 25.1 Å². The third-order valence-electron chi connectivity index (χ3n) is 3.12. The number of para-hydroxylation sites is 1. The van der Waals surface area contributed by atoms with Crippen molar-refractivity contribution in [1.82, 2.24) is 9.55 Å². The van der Waals surface area contributed by atoms with Crippen LogP contribution in [0.5, 0.6) is 5.75 Å². The molecule has 0 amide bonds. The van der Waals surface area contributed by atoms with E-state index >= 15 is 0 Å². The molecule has 1 atom stereocenters. The molecule has 2 rings (SSSR count). The lowest BCUT2D eigenvalue weighted by Crippen LogP contribution is -2.22. The van der Waals surface area contributed by atoms with Crippen LogP contribution in [0.2, 0.25) is 0 Å². The molecule has 2 N–H and O–H groups in total. The SMILES string of the molecule is CCc1nccn1C(CN)c1ccccc1OC. The minimum atomic E-state index is 0.0681. The maximum absolute atomic E-state index is 5.94. The zero-order chi connectivity index (χ0) is 13.0. The van der Waals surface area contributed by atoms with Crippen LogP contribution in [0.25, 0.3) is 0 Å². The van der Waals surface area contributed by atoms with Crippen LogP contribution in [0.3, 0.4) is 0 Å². The Morgan fingerprint density at radius 1 is 1.39 bits per heavy atom. The van der Waals surface area contributed by atoms with Crippen molar-refractivity contribution >= 4 is 0 Å². The molecule has 0 aliphatic heterocycles. The summed E-state index contributed by atoms with van der Waals surface area (Å²) in [5.74, 6) is 1.90. The Kier molecular flexibility index (Phi) is 3.99. The standard InChI is InChI=1S/C14H19N3O/c1-3-14-16-8-9-17(14)12(10-15)11-6-4-5-7-13(11)18-2/h4-9,12H,3,10,15H2,1-2H3. The Hall–Kier alpha value is -1.81. The van der Waals surface area contributed by atoms with Gasteiger partial charge in [0.1, 0.15) is 11.6 Å². The van der Waals surface area contributed by atoms with E-state index < -0.39 is 0 Å². The highest BCUT2D eigenvalue weighted by Crippen LogP contribution is 2.27. The van der Waals surface area contributed by atoms with Crippen molar-refractivity contribution in [2.75, 3.05) is 13.7 Å². The van der Waals surface area contributed by atoms with E-state index in [0.29, 0.717) is 6.54 Å². The summed E-state index contributed by atoms with van der Waals surface area (Å²) >= 11 is 0. The van der Waals surface area contributed by atoms with Gasteiger partial charge in [0.2, 0.25) is 0 Å². The highest BCUT2D eigenvalue weighted by Gasteiger charge is 2.17. The zero-order valence-corrected chi connectivity index (χ0v) is 10.8. The second kappa shape index (κ2) is 5.69. The van der Waals surface area contributed by atoms with Crippen molar-refractivity contribution < 1.29 is 4.74 Å². The van der Waals surface area contributed by atoms with Gasteiger partial charge in [0.25, 0.3) is 0 Å². The lowest BCUT2D eigenvalue weighted by Gasteiger charge is -2.21. The van der Waals surface area contributed by atoms with Crippen molar-refractivity contribution in [3.63, 3.8) is 0 Å². The number of rotatable bonds is 5. The molecule has 0 aliphatic carbocycles. The fourth-order valence-corrected chi connectivity index (χ4v) is 2.23. The Bertz CT molecular complexity index is 507. The Morgan fingerprint density at radius 3 is 2.83 bits per heavy atom. The number of aromatic nitrogens is 2. The molecule has 0 saturated carbocycles. The van der Waals surface area contributed by atoms with Crippen molar-refractivity contribution in [3.05, 3.63) is 48.0 Å². The number of benzene rings is 1.